The van der Waals surface area contributed by atoms with Crippen LogP contribution in [0.2, 0.25) is 0 Å². The maximum atomic E-state index is 12.6. The second-order valence-corrected chi connectivity index (χ2v) is 8.25. The highest BCUT2D eigenvalue weighted by Crippen LogP contribution is 2.27. The first-order valence-corrected chi connectivity index (χ1v) is 10.7. The fourth-order valence-electron chi connectivity index (χ4n) is 4.34. The van der Waals surface area contributed by atoms with E-state index in [2.05, 4.69) is 28.2 Å². The van der Waals surface area contributed by atoms with Crippen LogP contribution in [0.25, 0.3) is 0 Å². The summed E-state index contributed by atoms with van der Waals surface area (Å²) in [4.78, 5) is 31.0. The molecule has 1 aromatic heterocycles. The quantitative estimate of drug-likeness (QED) is 0.750. The largest absolute Gasteiger partial charge is 0.457 e. The lowest BCUT2D eigenvalue weighted by atomic mass is 9.94. The van der Waals surface area contributed by atoms with Crippen LogP contribution in [-0.4, -0.2) is 41.4 Å². The molecule has 0 unspecified atom stereocenters. The van der Waals surface area contributed by atoms with Crippen molar-refractivity contribution in [1.29, 1.82) is 5.26 Å². The van der Waals surface area contributed by atoms with E-state index < -0.39 is 0 Å². The highest BCUT2D eigenvalue weighted by molar-refractivity contribution is 5.94. The van der Waals surface area contributed by atoms with Gasteiger partial charge in [0.1, 0.15) is 18.5 Å². The third-order valence-corrected chi connectivity index (χ3v) is 6.39. The third-order valence-electron chi connectivity index (χ3n) is 6.39. The molecule has 1 N–H and O–H groups in total. The van der Waals surface area contributed by atoms with Crippen molar-refractivity contribution < 1.29 is 14.3 Å². The van der Waals surface area contributed by atoms with Crippen LogP contribution >= 0.6 is 0 Å². The topological polar surface area (TPSA) is 95.3 Å². The predicted molar refractivity (Wildman–Crippen MR) is 115 cm³/mol. The molecule has 0 atom stereocenters. The molecule has 31 heavy (non-hydrogen) atoms. The van der Waals surface area contributed by atoms with Crippen LogP contribution in [0.5, 0.6) is 0 Å². The van der Waals surface area contributed by atoms with Gasteiger partial charge in [0, 0.05) is 18.0 Å². The summed E-state index contributed by atoms with van der Waals surface area (Å²) in [6.07, 6.45) is 2.54. The summed E-state index contributed by atoms with van der Waals surface area (Å²) in [5.41, 5.74) is 5.25. The van der Waals surface area contributed by atoms with E-state index in [0.29, 0.717) is 29.2 Å². The van der Waals surface area contributed by atoms with Gasteiger partial charge in [0.2, 0.25) is 5.91 Å². The Labute approximate surface area is 182 Å². The van der Waals surface area contributed by atoms with Crippen LogP contribution in [0.4, 0.5) is 5.82 Å². The number of benzene rings is 1. The van der Waals surface area contributed by atoms with E-state index in [1.54, 1.807) is 19.1 Å². The Morgan fingerprint density at radius 2 is 2.03 bits per heavy atom. The Hall–Kier alpha value is -3.24. The van der Waals surface area contributed by atoms with Crippen molar-refractivity contribution in [3.8, 4) is 6.07 Å². The molecular weight excluding hydrogens is 392 g/mol. The van der Waals surface area contributed by atoms with Crippen LogP contribution in [0.3, 0.4) is 0 Å². The first-order chi connectivity index (χ1) is 15.0. The molecule has 1 fully saturated rings. The zero-order valence-corrected chi connectivity index (χ0v) is 17.9. The maximum absolute atomic E-state index is 12.6. The van der Waals surface area contributed by atoms with E-state index in [9.17, 15) is 9.59 Å². The van der Waals surface area contributed by atoms with Crippen molar-refractivity contribution in [3.63, 3.8) is 0 Å². The number of ether oxygens (including phenoxy) is 1. The number of aromatic nitrogens is 1. The number of rotatable bonds is 5. The summed E-state index contributed by atoms with van der Waals surface area (Å²) in [6.45, 7) is 6.89. The molecule has 4 rings (SSSR count). The summed E-state index contributed by atoms with van der Waals surface area (Å²) in [5.74, 6) is 0.240. The Balaban J connectivity index is 1.27. The Morgan fingerprint density at radius 1 is 1.26 bits per heavy atom. The smallest absolute Gasteiger partial charge is 0.338 e. The number of likely N-dealkylation sites (tertiary alicyclic amines) is 1. The number of hydrogen-bond donors (Lipinski definition) is 1. The maximum Gasteiger partial charge on any atom is 0.338 e. The second kappa shape index (κ2) is 8.86. The molecule has 0 saturated carbocycles. The van der Waals surface area contributed by atoms with Crippen LogP contribution < -0.4 is 5.32 Å². The van der Waals surface area contributed by atoms with Gasteiger partial charge in [-0.25, -0.2) is 9.78 Å². The van der Waals surface area contributed by atoms with Crippen molar-refractivity contribution in [2.45, 2.75) is 39.7 Å². The molecule has 3 heterocycles. The second-order valence-electron chi connectivity index (χ2n) is 8.25. The summed E-state index contributed by atoms with van der Waals surface area (Å²) in [5, 5.41) is 11.9. The van der Waals surface area contributed by atoms with Gasteiger partial charge in [-0.15, -0.1) is 0 Å². The van der Waals surface area contributed by atoms with E-state index in [0.717, 1.165) is 50.0 Å². The molecule has 2 aliphatic rings. The molecule has 1 amide bonds. The van der Waals surface area contributed by atoms with Crippen molar-refractivity contribution in [2.24, 2.45) is 5.92 Å². The molecule has 160 valence electrons. The number of aryl methyl sites for hydroxylation is 1. The molecule has 1 aromatic carbocycles. The first-order valence-electron chi connectivity index (χ1n) is 10.7. The number of carbonyl (C=O) groups excluding carboxylic acids is 2. The Bertz CT molecular complexity index is 1070. The molecule has 0 aliphatic carbocycles. The SMILES string of the molecule is Cc1nc(NC(=O)C2CCN(CCc3ccc4c(c3C)COC4=O)CC2)ccc1C#N. The molecule has 0 spiro atoms. The van der Waals surface area contributed by atoms with Crippen molar-refractivity contribution >= 4 is 17.7 Å². The monoisotopic (exact) mass is 418 g/mol. The van der Waals surface area contributed by atoms with Gasteiger partial charge in [-0.1, -0.05) is 6.07 Å². The molecule has 0 bridgehead atoms. The minimum atomic E-state index is -0.226. The van der Waals surface area contributed by atoms with Crippen LogP contribution in [-0.2, 0) is 22.6 Å². The zero-order valence-electron chi connectivity index (χ0n) is 17.9. The number of nitriles is 1. The highest BCUT2D eigenvalue weighted by atomic mass is 16.5. The minimum Gasteiger partial charge on any atom is -0.457 e. The molecular formula is C24H26N4O3. The van der Waals surface area contributed by atoms with Crippen molar-refractivity contribution in [3.05, 3.63) is 57.8 Å². The fourth-order valence-corrected chi connectivity index (χ4v) is 4.34. The zero-order chi connectivity index (χ0) is 22.0. The number of pyridine rings is 1. The Morgan fingerprint density at radius 3 is 2.74 bits per heavy atom. The number of nitrogens with one attached hydrogen (secondary N) is 1. The molecule has 7 nitrogen and oxygen atoms in total. The van der Waals surface area contributed by atoms with E-state index in [1.165, 1.54) is 5.56 Å². The van der Waals surface area contributed by atoms with Crippen LogP contribution in [0.1, 0.15) is 51.1 Å². The molecule has 2 aliphatic heterocycles. The minimum absolute atomic E-state index is 0.00427. The number of esters is 1. The summed E-state index contributed by atoms with van der Waals surface area (Å²) in [7, 11) is 0. The summed E-state index contributed by atoms with van der Waals surface area (Å²) >= 11 is 0. The number of amides is 1. The average molecular weight is 418 g/mol. The van der Waals surface area contributed by atoms with Gasteiger partial charge in [-0.3, -0.25) is 4.79 Å². The summed E-state index contributed by atoms with van der Waals surface area (Å²) in [6, 6.07) is 9.36. The molecule has 0 radical (unpaired) electrons. The lowest BCUT2D eigenvalue weighted by Gasteiger charge is -2.31. The first kappa shape index (κ1) is 21.0. The predicted octanol–water partition coefficient (Wildman–Crippen LogP) is 3.13. The molecule has 1 saturated heterocycles. The van der Waals surface area contributed by atoms with Gasteiger partial charge < -0.3 is 15.0 Å². The standard InChI is InChI=1S/C24H26N4O3/c1-15-17(3-5-20-21(15)14-31-24(20)30)7-10-28-11-8-18(9-12-28)23(29)27-22-6-4-19(13-25)16(2)26-22/h3-6,18H,7-12,14H2,1-2H3,(H,26,27,29). The third kappa shape index (κ3) is 4.44. The fraction of sp³-hybridized carbons (Fsp3) is 0.417. The number of anilines is 1. The lowest BCUT2D eigenvalue weighted by Crippen LogP contribution is -2.39. The van der Waals surface area contributed by atoms with Gasteiger partial charge >= 0.3 is 5.97 Å². The molecule has 2 aromatic rings. The van der Waals surface area contributed by atoms with E-state index >= 15 is 0 Å². The number of carbonyl (C=O) groups is 2. The number of fused-ring (bicyclic) bond motifs is 1. The summed E-state index contributed by atoms with van der Waals surface area (Å²) < 4.78 is 5.14. The van der Waals surface area contributed by atoms with Crippen molar-refractivity contribution in [2.75, 3.05) is 25.0 Å². The average Bonchev–Trinajstić information content (AvgIpc) is 3.15. The lowest BCUT2D eigenvalue weighted by molar-refractivity contribution is -0.121. The van der Waals surface area contributed by atoms with Gasteiger partial charge in [0.15, 0.2) is 0 Å². The normalized spacial score (nSPS) is 16.5. The van der Waals surface area contributed by atoms with E-state index in [-0.39, 0.29) is 17.8 Å². The van der Waals surface area contributed by atoms with Gasteiger partial charge in [-0.2, -0.15) is 5.26 Å². The van der Waals surface area contributed by atoms with Gasteiger partial charge in [0.25, 0.3) is 0 Å². The van der Waals surface area contributed by atoms with E-state index in [4.69, 9.17) is 10.00 Å². The highest BCUT2D eigenvalue weighted by Gasteiger charge is 2.26. The van der Waals surface area contributed by atoms with E-state index in [1.807, 2.05) is 12.1 Å². The Kier molecular flexibility index (Phi) is 6.01. The number of nitrogens with zero attached hydrogens (tertiary/aromatic N) is 3. The molecule has 7 heteroatoms. The number of cyclic esters (lactones) is 1. The van der Waals surface area contributed by atoms with Crippen molar-refractivity contribution in [1.82, 2.24) is 9.88 Å². The van der Waals surface area contributed by atoms with Crippen LogP contribution in [0.15, 0.2) is 24.3 Å². The van der Waals surface area contributed by atoms with Gasteiger partial charge in [0.05, 0.1) is 16.8 Å². The number of hydrogen-bond acceptors (Lipinski definition) is 6. The van der Waals surface area contributed by atoms with Crippen LogP contribution in [0, 0.1) is 31.1 Å². The van der Waals surface area contributed by atoms with Gasteiger partial charge in [-0.05, 0) is 75.5 Å². The number of piperidine rings is 1.